The molecule has 3 N–H and O–H groups in total. The standard InChI is InChI=1S/C13H19NO2S.C8H11NOS/c1-13(2,3)16-12(15)14-9-10-7-5-6-8-11(10)17-4;1-11(10)8-5-3-2-4-7(8)6-9/h5-8H,9H2,1-4H3,(H,14,15);2-5H,6,9H2,1H3. The molecule has 0 spiro atoms. The minimum atomic E-state index is -0.920. The van der Waals surface area contributed by atoms with Crippen LogP contribution in [-0.4, -0.2) is 28.4 Å². The molecule has 5 nitrogen and oxygen atoms in total. The lowest BCUT2D eigenvalue weighted by molar-refractivity contribution is 0.0523. The quantitative estimate of drug-likeness (QED) is 0.702. The van der Waals surface area contributed by atoms with Gasteiger partial charge >= 0.3 is 6.09 Å². The fourth-order valence-electron chi connectivity index (χ4n) is 2.28. The molecule has 0 heterocycles. The molecular weight excluding hydrogens is 392 g/mol. The summed E-state index contributed by atoms with van der Waals surface area (Å²) in [5, 5.41) is 2.76. The van der Waals surface area contributed by atoms with Crippen LogP contribution in [0.5, 0.6) is 0 Å². The van der Waals surface area contributed by atoms with Crippen molar-refractivity contribution in [3.8, 4) is 0 Å². The summed E-state index contributed by atoms with van der Waals surface area (Å²) in [6.07, 6.45) is 3.30. The van der Waals surface area contributed by atoms with Crippen LogP contribution in [0.4, 0.5) is 4.79 Å². The molecule has 2 rings (SSSR count). The number of alkyl carbamates (subject to hydrolysis) is 1. The van der Waals surface area contributed by atoms with E-state index in [9.17, 15) is 9.00 Å². The van der Waals surface area contributed by atoms with Crippen molar-refractivity contribution in [2.75, 3.05) is 12.5 Å². The van der Waals surface area contributed by atoms with Crippen molar-refractivity contribution in [1.82, 2.24) is 5.32 Å². The van der Waals surface area contributed by atoms with Gasteiger partial charge in [0.15, 0.2) is 0 Å². The topological polar surface area (TPSA) is 81.4 Å². The van der Waals surface area contributed by atoms with Crippen LogP contribution in [0.3, 0.4) is 0 Å². The molecule has 0 radical (unpaired) electrons. The van der Waals surface area contributed by atoms with Crippen LogP contribution in [0.2, 0.25) is 0 Å². The number of nitrogens with one attached hydrogen (secondary N) is 1. The molecule has 0 saturated heterocycles. The van der Waals surface area contributed by atoms with E-state index < -0.39 is 16.4 Å². The van der Waals surface area contributed by atoms with E-state index in [0.717, 1.165) is 16.0 Å². The average Bonchev–Trinajstić information content (AvgIpc) is 2.65. The van der Waals surface area contributed by atoms with E-state index in [1.807, 2.05) is 75.6 Å². The number of rotatable bonds is 5. The van der Waals surface area contributed by atoms with E-state index in [1.54, 1.807) is 18.0 Å². The van der Waals surface area contributed by atoms with Gasteiger partial charge in [-0.05, 0) is 50.3 Å². The molecule has 154 valence electrons. The largest absolute Gasteiger partial charge is 0.444 e. The van der Waals surface area contributed by atoms with Crippen molar-refractivity contribution in [2.45, 2.75) is 49.3 Å². The number of hydrogen-bond donors (Lipinski definition) is 2. The maximum atomic E-state index is 11.5. The second kappa shape index (κ2) is 11.9. The average molecular weight is 423 g/mol. The van der Waals surface area contributed by atoms with Crippen molar-refractivity contribution < 1.29 is 13.7 Å². The summed E-state index contributed by atoms with van der Waals surface area (Å²) in [7, 11) is -0.920. The highest BCUT2D eigenvalue weighted by Crippen LogP contribution is 2.19. The van der Waals surface area contributed by atoms with Crippen molar-refractivity contribution in [3.63, 3.8) is 0 Å². The van der Waals surface area contributed by atoms with Crippen molar-refractivity contribution >= 4 is 28.7 Å². The maximum absolute atomic E-state index is 11.5. The predicted molar refractivity (Wildman–Crippen MR) is 118 cm³/mol. The Labute approximate surface area is 174 Å². The number of nitrogens with two attached hydrogens (primary N) is 1. The molecule has 7 heteroatoms. The van der Waals surface area contributed by atoms with Crippen LogP contribution in [-0.2, 0) is 28.6 Å². The lowest BCUT2D eigenvalue weighted by Gasteiger charge is -2.20. The van der Waals surface area contributed by atoms with Gasteiger partial charge in [-0.3, -0.25) is 4.21 Å². The number of amides is 1. The highest BCUT2D eigenvalue weighted by Gasteiger charge is 2.15. The molecule has 0 aromatic heterocycles. The predicted octanol–water partition coefficient (Wildman–Crippen LogP) is 4.32. The van der Waals surface area contributed by atoms with Gasteiger partial charge in [-0.15, -0.1) is 11.8 Å². The number of hydrogen-bond acceptors (Lipinski definition) is 5. The Morgan fingerprint density at radius 2 is 1.68 bits per heavy atom. The summed E-state index contributed by atoms with van der Waals surface area (Å²) in [4.78, 5) is 13.5. The molecule has 0 fully saturated rings. The second-order valence-electron chi connectivity index (χ2n) is 6.93. The van der Waals surface area contributed by atoms with Gasteiger partial charge in [-0.1, -0.05) is 36.4 Å². The first-order valence-electron chi connectivity index (χ1n) is 8.88. The molecule has 0 aliphatic carbocycles. The van der Waals surface area contributed by atoms with Crippen molar-refractivity contribution in [1.29, 1.82) is 0 Å². The molecule has 2 aromatic rings. The van der Waals surface area contributed by atoms with Gasteiger partial charge in [0.25, 0.3) is 0 Å². The molecule has 0 saturated carbocycles. The highest BCUT2D eigenvalue weighted by atomic mass is 32.2. The van der Waals surface area contributed by atoms with Gasteiger partial charge in [0, 0.05) is 29.1 Å². The zero-order valence-corrected chi connectivity index (χ0v) is 18.8. The molecular formula is C21H30N2O3S2. The summed E-state index contributed by atoms with van der Waals surface area (Å²) >= 11 is 1.67. The van der Waals surface area contributed by atoms with Gasteiger partial charge in [0.05, 0.1) is 10.8 Å². The maximum Gasteiger partial charge on any atom is 0.407 e. The monoisotopic (exact) mass is 422 g/mol. The van der Waals surface area contributed by atoms with E-state index in [0.29, 0.717) is 13.1 Å². The zero-order valence-electron chi connectivity index (χ0n) is 17.2. The number of benzene rings is 2. The Morgan fingerprint density at radius 3 is 2.18 bits per heavy atom. The summed E-state index contributed by atoms with van der Waals surface area (Å²) < 4.78 is 16.3. The Kier molecular flexibility index (Phi) is 10.3. The third kappa shape index (κ3) is 8.91. The van der Waals surface area contributed by atoms with Gasteiger partial charge in [-0.2, -0.15) is 0 Å². The Bertz CT molecular complexity index is 789. The normalized spacial score (nSPS) is 11.8. The summed E-state index contributed by atoms with van der Waals surface area (Å²) in [6, 6.07) is 15.5. The van der Waals surface area contributed by atoms with Crippen LogP contribution in [0.25, 0.3) is 0 Å². The van der Waals surface area contributed by atoms with E-state index in [4.69, 9.17) is 10.5 Å². The molecule has 1 amide bonds. The van der Waals surface area contributed by atoms with E-state index in [2.05, 4.69) is 5.32 Å². The molecule has 0 bridgehead atoms. The van der Waals surface area contributed by atoms with E-state index >= 15 is 0 Å². The minimum Gasteiger partial charge on any atom is -0.444 e. The van der Waals surface area contributed by atoms with Gasteiger partial charge in [0.1, 0.15) is 5.60 Å². The first-order valence-corrected chi connectivity index (χ1v) is 11.7. The van der Waals surface area contributed by atoms with Crippen LogP contribution >= 0.6 is 11.8 Å². The molecule has 0 aliphatic heterocycles. The molecule has 0 aliphatic rings. The van der Waals surface area contributed by atoms with Crippen LogP contribution in [0, 0.1) is 0 Å². The fraction of sp³-hybridized carbons (Fsp3) is 0.381. The minimum absolute atomic E-state index is 0.381. The van der Waals surface area contributed by atoms with Gasteiger partial charge in [-0.25, -0.2) is 4.79 Å². The van der Waals surface area contributed by atoms with Gasteiger partial charge < -0.3 is 15.8 Å². The lowest BCUT2D eigenvalue weighted by Crippen LogP contribution is -2.32. The van der Waals surface area contributed by atoms with Crippen molar-refractivity contribution in [3.05, 3.63) is 59.7 Å². The fourth-order valence-corrected chi connectivity index (χ4v) is 3.69. The van der Waals surface area contributed by atoms with Crippen LogP contribution < -0.4 is 11.1 Å². The third-order valence-electron chi connectivity index (χ3n) is 3.52. The number of carbonyl (C=O) groups excluding carboxylic acids is 1. The second-order valence-corrected chi connectivity index (χ2v) is 9.13. The number of thioether (sulfide) groups is 1. The van der Waals surface area contributed by atoms with E-state index in [1.165, 1.54) is 4.90 Å². The number of ether oxygens (including phenoxy) is 1. The third-order valence-corrected chi connectivity index (χ3v) is 5.37. The Morgan fingerprint density at radius 1 is 1.11 bits per heavy atom. The summed E-state index contributed by atoms with van der Waals surface area (Å²) in [5.74, 6) is 0. The number of carbonyl (C=O) groups is 1. The SMILES string of the molecule is CS(=O)c1ccccc1CN.CSc1ccccc1CNC(=O)OC(C)(C)C. The Hall–Kier alpha value is -1.83. The van der Waals surface area contributed by atoms with Crippen molar-refractivity contribution in [2.24, 2.45) is 5.73 Å². The molecule has 28 heavy (non-hydrogen) atoms. The molecule has 2 aromatic carbocycles. The van der Waals surface area contributed by atoms with E-state index in [-0.39, 0.29) is 6.09 Å². The summed E-state index contributed by atoms with van der Waals surface area (Å²) in [6.45, 7) is 6.49. The first kappa shape index (κ1) is 24.2. The summed E-state index contributed by atoms with van der Waals surface area (Å²) in [5.41, 5.74) is 7.07. The van der Waals surface area contributed by atoms with Gasteiger partial charge in [0.2, 0.25) is 0 Å². The molecule has 1 unspecified atom stereocenters. The Balaban J connectivity index is 0.000000307. The first-order chi connectivity index (χ1) is 13.2. The molecule has 1 atom stereocenters. The lowest BCUT2D eigenvalue weighted by atomic mass is 10.2. The smallest absolute Gasteiger partial charge is 0.407 e. The zero-order chi connectivity index (χ0) is 21.2. The highest BCUT2D eigenvalue weighted by molar-refractivity contribution is 7.98. The van der Waals surface area contributed by atoms with Crippen LogP contribution in [0.1, 0.15) is 31.9 Å². The van der Waals surface area contributed by atoms with Crippen LogP contribution in [0.15, 0.2) is 58.3 Å².